The van der Waals surface area contributed by atoms with E-state index in [1.165, 1.54) is 0 Å². The Morgan fingerprint density at radius 1 is 1.00 bits per heavy atom. The van der Waals surface area contributed by atoms with E-state index in [0.717, 1.165) is 25.7 Å². The smallest absolute Gasteiger partial charge is 0.315 e. The topological polar surface area (TPSA) is 78.4 Å². The van der Waals surface area contributed by atoms with Crippen LogP contribution in [0.5, 0.6) is 0 Å². The number of hydrogen-bond donors (Lipinski definition) is 3. The molecule has 3 N–H and O–H groups in total. The maximum atomic E-state index is 12.0. The average Bonchev–Trinajstić information content (AvgIpc) is 2.43. The molecular formula is C16H32N2O3. The van der Waals surface area contributed by atoms with Gasteiger partial charge in [0.05, 0.1) is 0 Å². The van der Waals surface area contributed by atoms with E-state index in [4.69, 9.17) is 5.11 Å². The van der Waals surface area contributed by atoms with Crippen molar-refractivity contribution in [2.24, 2.45) is 5.41 Å². The van der Waals surface area contributed by atoms with E-state index in [-0.39, 0.29) is 23.4 Å². The fourth-order valence-corrected chi connectivity index (χ4v) is 2.38. The number of amides is 2. The quantitative estimate of drug-likeness (QED) is 0.577. The molecule has 0 saturated carbocycles. The van der Waals surface area contributed by atoms with E-state index in [0.29, 0.717) is 13.0 Å². The van der Waals surface area contributed by atoms with Gasteiger partial charge in [0.25, 0.3) is 0 Å². The van der Waals surface area contributed by atoms with Gasteiger partial charge in [0, 0.05) is 18.5 Å². The number of carboxylic acid groups (broad SMARTS) is 1. The Bertz CT molecular complexity index is 328. The Labute approximate surface area is 128 Å². The lowest BCUT2D eigenvalue weighted by atomic mass is 9.84. The molecule has 5 heteroatoms. The first kappa shape index (κ1) is 19.7. The Hall–Kier alpha value is -1.26. The van der Waals surface area contributed by atoms with Gasteiger partial charge in [-0.15, -0.1) is 0 Å². The number of aliphatic carboxylic acids is 1. The summed E-state index contributed by atoms with van der Waals surface area (Å²) in [5.41, 5.74) is -0.202. The number of carbonyl (C=O) groups excluding carboxylic acids is 1. The van der Waals surface area contributed by atoms with Gasteiger partial charge in [-0.05, 0) is 37.5 Å². The molecule has 0 unspecified atom stereocenters. The lowest BCUT2D eigenvalue weighted by Gasteiger charge is -2.32. The second kappa shape index (κ2) is 8.90. The van der Waals surface area contributed by atoms with Crippen molar-refractivity contribution in [2.45, 2.75) is 78.7 Å². The van der Waals surface area contributed by atoms with Crippen LogP contribution in [0.25, 0.3) is 0 Å². The van der Waals surface area contributed by atoms with Crippen LogP contribution in [0.2, 0.25) is 0 Å². The number of carbonyl (C=O) groups is 2. The van der Waals surface area contributed by atoms with Crippen molar-refractivity contribution in [2.75, 3.05) is 6.54 Å². The minimum Gasteiger partial charge on any atom is -0.481 e. The summed E-state index contributed by atoms with van der Waals surface area (Å²) >= 11 is 0. The van der Waals surface area contributed by atoms with Crippen molar-refractivity contribution in [1.82, 2.24) is 10.6 Å². The van der Waals surface area contributed by atoms with E-state index in [9.17, 15) is 9.59 Å². The van der Waals surface area contributed by atoms with Gasteiger partial charge in [-0.25, -0.2) is 4.79 Å². The third kappa shape index (κ3) is 7.93. The first-order chi connectivity index (χ1) is 9.70. The van der Waals surface area contributed by atoms with Gasteiger partial charge >= 0.3 is 12.0 Å². The van der Waals surface area contributed by atoms with Crippen LogP contribution in [0.3, 0.4) is 0 Å². The molecule has 0 fully saturated rings. The minimum absolute atomic E-state index is 0.0803. The first-order valence-corrected chi connectivity index (χ1v) is 7.98. The highest BCUT2D eigenvalue weighted by atomic mass is 16.4. The molecule has 0 saturated heterocycles. The van der Waals surface area contributed by atoms with Gasteiger partial charge < -0.3 is 15.7 Å². The summed E-state index contributed by atoms with van der Waals surface area (Å²) in [7, 11) is 0. The third-order valence-corrected chi connectivity index (χ3v) is 4.51. The molecule has 0 aliphatic carbocycles. The lowest BCUT2D eigenvalue weighted by molar-refractivity contribution is -0.137. The summed E-state index contributed by atoms with van der Waals surface area (Å²) in [6.45, 7) is 10.9. The molecule has 5 nitrogen and oxygen atoms in total. The van der Waals surface area contributed by atoms with Crippen LogP contribution in [-0.2, 0) is 4.79 Å². The van der Waals surface area contributed by atoms with Crippen LogP contribution in [0.15, 0.2) is 0 Å². The predicted octanol–water partition coefficient (Wildman–Crippen LogP) is 3.54. The number of urea groups is 1. The maximum Gasteiger partial charge on any atom is 0.315 e. The molecule has 0 aliphatic rings. The summed E-state index contributed by atoms with van der Waals surface area (Å²) in [6, 6.07) is -0.130. The van der Waals surface area contributed by atoms with Crippen molar-refractivity contribution in [3.8, 4) is 0 Å². The van der Waals surface area contributed by atoms with E-state index in [1.54, 1.807) is 0 Å². The highest BCUT2D eigenvalue weighted by molar-refractivity contribution is 5.74. The molecule has 2 amide bonds. The monoisotopic (exact) mass is 300 g/mol. The highest BCUT2D eigenvalue weighted by Gasteiger charge is 2.26. The number of rotatable bonds is 10. The standard InChI is InChI=1S/C16H32N2O3/c1-6-16(7-2,8-3)18-14(21)17-12-11-15(4,5)10-9-13(19)20/h6-12H2,1-5H3,(H,19,20)(H2,17,18,21). The van der Waals surface area contributed by atoms with Gasteiger partial charge in [-0.2, -0.15) is 0 Å². The van der Waals surface area contributed by atoms with Crippen molar-refractivity contribution in [3.63, 3.8) is 0 Å². The zero-order valence-electron chi connectivity index (χ0n) is 14.2. The molecule has 0 radical (unpaired) electrons. The number of hydrogen-bond acceptors (Lipinski definition) is 2. The Morgan fingerprint density at radius 2 is 1.52 bits per heavy atom. The zero-order valence-corrected chi connectivity index (χ0v) is 14.2. The molecule has 0 aromatic rings. The summed E-state index contributed by atoms with van der Waals surface area (Å²) in [5.74, 6) is -0.771. The Morgan fingerprint density at radius 3 is 1.95 bits per heavy atom. The normalized spacial score (nSPS) is 12.0. The number of nitrogens with one attached hydrogen (secondary N) is 2. The van der Waals surface area contributed by atoms with E-state index >= 15 is 0 Å². The second-order valence-electron chi connectivity index (χ2n) is 6.53. The molecule has 0 heterocycles. The molecular weight excluding hydrogens is 268 g/mol. The predicted molar refractivity (Wildman–Crippen MR) is 85.4 cm³/mol. The lowest BCUT2D eigenvalue weighted by Crippen LogP contribution is -2.51. The highest BCUT2D eigenvalue weighted by Crippen LogP contribution is 2.26. The molecule has 0 spiro atoms. The summed E-state index contributed by atoms with van der Waals surface area (Å²) in [4.78, 5) is 22.6. The van der Waals surface area contributed by atoms with Crippen molar-refractivity contribution < 1.29 is 14.7 Å². The van der Waals surface area contributed by atoms with Gasteiger partial charge in [0.15, 0.2) is 0 Å². The van der Waals surface area contributed by atoms with Gasteiger partial charge in [0.1, 0.15) is 0 Å². The van der Waals surface area contributed by atoms with Gasteiger partial charge in [-0.3, -0.25) is 4.79 Å². The van der Waals surface area contributed by atoms with Crippen LogP contribution in [0.1, 0.15) is 73.1 Å². The van der Waals surface area contributed by atoms with Gasteiger partial charge in [0.2, 0.25) is 0 Å². The molecule has 0 rings (SSSR count). The molecule has 0 bridgehead atoms. The molecule has 0 atom stereocenters. The Kier molecular flexibility index (Phi) is 8.37. The van der Waals surface area contributed by atoms with Crippen molar-refractivity contribution in [3.05, 3.63) is 0 Å². The second-order valence-corrected chi connectivity index (χ2v) is 6.53. The van der Waals surface area contributed by atoms with Crippen LogP contribution >= 0.6 is 0 Å². The fraction of sp³-hybridized carbons (Fsp3) is 0.875. The Balaban J connectivity index is 4.17. The van der Waals surface area contributed by atoms with Crippen molar-refractivity contribution in [1.29, 1.82) is 0 Å². The zero-order chi connectivity index (χ0) is 16.5. The largest absolute Gasteiger partial charge is 0.481 e. The maximum absolute atomic E-state index is 12.0. The summed E-state index contributed by atoms with van der Waals surface area (Å²) in [5, 5.41) is 14.7. The third-order valence-electron chi connectivity index (χ3n) is 4.51. The molecule has 0 aliphatic heterocycles. The van der Waals surface area contributed by atoms with Gasteiger partial charge in [-0.1, -0.05) is 34.6 Å². The molecule has 0 aromatic heterocycles. The van der Waals surface area contributed by atoms with E-state index in [2.05, 4.69) is 31.4 Å². The SMILES string of the molecule is CCC(CC)(CC)NC(=O)NCCC(C)(C)CCC(=O)O. The van der Waals surface area contributed by atoms with Crippen LogP contribution < -0.4 is 10.6 Å². The van der Waals surface area contributed by atoms with Crippen LogP contribution in [-0.4, -0.2) is 29.2 Å². The summed E-state index contributed by atoms with van der Waals surface area (Å²) < 4.78 is 0. The summed E-state index contributed by atoms with van der Waals surface area (Å²) in [6.07, 6.45) is 4.30. The average molecular weight is 300 g/mol. The molecule has 21 heavy (non-hydrogen) atoms. The molecule has 0 aromatic carbocycles. The van der Waals surface area contributed by atoms with Crippen LogP contribution in [0.4, 0.5) is 4.79 Å². The van der Waals surface area contributed by atoms with Crippen molar-refractivity contribution >= 4 is 12.0 Å². The fourth-order valence-electron chi connectivity index (χ4n) is 2.38. The van der Waals surface area contributed by atoms with Crippen LogP contribution in [0, 0.1) is 5.41 Å². The number of carboxylic acids is 1. The van der Waals surface area contributed by atoms with E-state index < -0.39 is 5.97 Å². The minimum atomic E-state index is -0.771. The molecule has 124 valence electrons. The first-order valence-electron chi connectivity index (χ1n) is 7.98. The van der Waals surface area contributed by atoms with E-state index in [1.807, 2.05) is 13.8 Å².